The van der Waals surface area contributed by atoms with Crippen molar-refractivity contribution in [2.24, 2.45) is 7.05 Å². The third kappa shape index (κ3) is 4.90. The van der Waals surface area contributed by atoms with E-state index in [2.05, 4.69) is 15.5 Å². The Bertz CT molecular complexity index is 1210. The van der Waals surface area contributed by atoms with E-state index in [-0.39, 0.29) is 5.91 Å². The largest absolute Gasteiger partial charge is 0.497 e. The molecule has 8 heteroatoms. The Balaban J connectivity index is 1.49. The lowest BCUT2D eigenvalue weighted by molar-refractivity contribution is 0.0941. The van der Waals surface area contributed by atoms with Gasteiger partial charge in [-0.25, -0.2) is 4.98 Å². The van der Waals surface area contributed by atoms with Crippen LogP contribution >= 0.6 is 0 Å². The van der Waals surface area contributed by atoms with Gasteiger partial charge in [-0.05, 0) is 55.8 Å². The molecule has 1 amide bonds. The van der Waals surface area contributed by atoms with E-state index >= 15 is 0 Å². The number of aryl methyl sites for hydroxylation is 3. The maximum Gasteiger partial charge on any atom is 0.252 e. The van der Waals surface area contributed by atoms with E-state index in [1.54, 1.807) is 37.6 Å². The smallest absolute Gasteiger partial charge is 0.252 e. The second-order valence-electron chi connectivity index (χ2n) is 7.69. The van der Waals surface area contributed by atoms with Crippen LogP contribution in [0.4, 0.5) is 0 Å². The highest BCUT2D eigenvalue weighted by Gasteiger charge is 2.21. The number of rotatable bonds is 8. The lowest BCUT2D eigenvalue weighted by Crippen LogP contribution is -2.31. The standard InChI is InChI=1S/C25H26N4O4/c1-16-22(17(2)33-28-16)15-32-21-11-7-19(8-12-21)25(30)27-23(24-26-13-14-29(24)3)18-5-9-20(31-4)10-6-18/h5-14,23H,15H2,1-4H3,(H,27,30). The van der Waals surface area contributed by atoms with E-state index in [1.165, 1.54) is 0 Å². The Hall–Kier alpha value is -4.07. The number of aromatic nitrogens is 3. The van der Waals surface area contributed by atoms with Crippen molar-refractivity contribution in [3.8, 4) is 11.5 Å². The number of carbonyl (C=O) groups excluding carboxylic acids is 1. The lowest BCUT2D eigenvalue weighted by atomic mass is 10.0. The average Bonchev–Trinajstić information content (AvgIpc) is 3.40. The molecule has 8 nitrogen and oxygen atoms in total. The molecular formula is C25H26N4O4. The molecule has 0 radical (unpaired) electrons. The van der Waals surface area contributed by atoms with Crippen molar-refractivity contribution in [3.63, 3.8) is 0 Å². The van der Waals surface area contributed by atoms with Gasteiger partial charge in [0.15, 0.2) is 0 Å². The fourth-order valence-electron chi connectivity index (χ4n) is 3.53. The first-order valence-electron chi connectivity index (χ1n) is 10.5. The molecule has 0 bridgehead atoms. The highest BCUT2D eigenvalue weighted by Crippen LogP contribution is 2.24. The van der Waals surface area contributed by atoms with Gasteiger partial charge in [-0.3, -0.25) is 4.79 Å². The first kappa shape index (κ1) is 22.1. The van der Waals surface area contributed by atoms with E-state index in [4.69, 9.17) is 14.0 Å². The number of hydrogen-bond donors (Lipinski definition) is 1. The summed E-state index contributed by atoms with van der Waals surface area (Å²) in [6.45, 7) is 4.09. The lowest BCUT2D eigenvalue weighted by Gasteiger charge is -2.19. The summed E-state index contributed by atoms with van der Waals surface area (Å²) in [6, 6.07) is 14.2. The van der Waals surface area contributed by atoms with Crippen molar-refractivity contribution in [1.29, 1.82) is 0 Å². The Morgan fingerprint density at radius 1 is 1.09 bits per heavy atom. The predicted molar refractivity (Wildman–Crippen MR) is 122 cm³/mol. The van der Waals surface area contributed by atoms with Crippen molar-refractivity contribution in [3.05, 3.63) is 94.9 Å². The summed E-state index contributed by atoms with van der Waals surface area (Å²) < 4.78 is 18.1. The molecule has 0 aliphatic rings. The summed E-state index contributed by atoms with van der Waals surface area (Å²) in [4.78, 5) is 17.5. The Kier molecular flexibility index (Phi) is 6.44. The molecule has 0 saturated heterocycles. The van der Waals surface area contributed by atoms with Gasteiger partial charge in [-0.2, -0.15) is 0 Å². The fourth-order valence-corrected chi connectivity index (χ4v) is 3.53. The number of hydrogen-bond acceptors (Lipinski definition) is 6. The highest BCUT2D eigenvalue weighted by molar-refractivity contribution is 5.94. The van der Waals surface area contributed by atoms with Gasteiger partial charge in [-0.1, -0.05) is 17.3 Å². The SMILES string of the molecule is COc1ccc(C(NC(=O)c2ccc(OCc3c(C)noc3C)cc2)c2nccn2C)cc1. The van der Waals surface area contributed by atoms with Crippen LogP contribution in [0.1, 0.15) is 44.8 Å². The summed E-state index contributed by atoms with van der Waals surface area (Å²) in [5.74, 6) is 2.66. The van der Waals surface area contributed by atoms with Crippen LogP contribution in [0.25, 0.3) is 0 Å². The van der Waals surface area contributed by atoms with Gasteiger partial charge in [0.25, 0.3) is 5.91 Å². The summed E-state index contributed by atoms with van der Waals surface area (Å²) in [7, 11) is 3.52. The van der Waals surface area contributed by atoms with E-state index < -0.39 is 6.04 Å². The molecule has 4 rings (SSSR count). The number of imidazole rings is 1. The van der Waals surface area contributed by atoms with Crippen LogP contribution in [0.15, 0.2) is 65.4 Å². The molecule has 1 unspecified atom stereocenters. The van der Waals surface area contributed by atoms with Gasteiger partial charge in [0.2, 0.25) is 0 Å². The van der Waals surface area contributed by atoms with Gasteiger partial charge in [0.1, 0.15) is 35.7 Å². The molecule has 2 aromatic carbocycles. The second kappa shape index (κ2) is 9.60. The Morgan fingerprint density at radius 2 is 1.79 bits per heavy atom. The van der Waals surface area contributed by atoms with Gasteiger partial charge in [-0.15, -0.1) is 0 Å². The molecule has 0 aliphatic heterocycles. The minimum atomic E-state index is -0.418. The molecule has 0 aliphatic carbocycles. The van der Waals surface area contributed by atoms with Gasteiger partial charge in [0, 0.05) is 25.0 Å². The monoisotopic (exact) mass is 446 g/mol. The number of nitrogens with one attached hydrogen (secondary N) is 1. The van der Waals surface area contributed by atoms with Crippen LogP contribution in [0, 0.1) is 13.8 Å². The minimum Gasteiger partial charge on any atom is -0.497 e. The zero-order valence-corrected chi connectivity index (χ0v) is 19.0. The quantitative estimate of drug-likeness (QED) is 0.438. The van der Waals surface area contributed by atoms with Crippen molar-refractivity contribution >= 4 is 5.91 Å². The van der Waals surface area contributed by atoms with E-state index in [1.807, 2.05) is 55.9 Å². The average molecular weight is 447 g/mol. The number of carbonyl (C=O) groups is 1. The fraction of sp³-hybridized carbons (Fsp3) is 0.240. The molecule has 170 valence electrons. The molecule has 4 aromatic rings. The van der Waals surface area contributed by atoms with Crippen LogP contribution in [0.2, 0.25) is 0 Å². The first-order chi connectivity index (χ1) is 16.0. The summed E-state index contributed by atoms with van der Waals surface area (Å²) in [6.07, 6.45) is 3.56. The third-order valence-electron chi connectivity index (χ3n) is 5.52. The minimum absolute atomic E-state index is 0.212. The van der Waals surface area contributed by atoms with E-state index in [9.17, 15) is 4.79 Å². The first-order valence-corrected chi connectivity index (χ1v) is 10.5. The third-order valence-corrected chi connectivity index (χ3v) is 5.52. The molecule has 1 atom stereocenters. The van der Waals surface area contributed by atoms with Crippen molar-refractivity contribution in [2.45, 2.75) is 26.5 Å². The predicted octanol–water partition coefficient (Wildman–Crippen LogP) is 4.13. The molecule has 2 aromatic heterocycles. The summed E-state index contributed by atoms with van der Waals surface area (Å²) in [5, 5.41) is 7.03. The number of benzene rings is 2. The maximum absolute atomic E-state index is 13.1. The normalized spacial score (nSPS) is 11.8. The molecule has 0 fully saturated rings. The number of nitrogens with zero attached hydrogens (tertiary/aromatic N) is 3. The number of methoxy groups -OCH3 is 1. The zero-order chi connectivity index (χ0) is 23.4. The van der Waals surface area contributed by atoms with Crippen LogP contribution < -0.4 is 14.8 Å². The molecular weight excluding hydrogens is 420 g/mol. The van der Waals surface area contributed by atoms with Crippen LogP contribution in [-0.2, 0) is 13.7 Å². The second-order valence-corrected chi connectivity index (χ2v) is 7.69. The molecule has 0 saturated carbocycles. The Labute approximate surface area is 192 Å². The van der Waals surface area contributed by atoms with Crippen LogP contribution in [0.5, 0.6) is 11.5 Å². The van der Waals surface area contributed by atoms with Gasteiger partial charge in [0.05, 0.1) is 18.4 Å². The highest BCUT2D eigenvalue weighted by atomic mass is 16.5. The van der Waals surface area contributed by atoms with Crippen LogP contribution in [0.3, 0.4) is 0 Å². The van der Waals surface area contributed by atoms with Crippen molar-refractivity contribution in [1.82, 2.24) is 20.0 Å². The van der Waals surface area contributed by atoms with Crippen molar-refractivity contribution < 1.29 is 18.8 Å². The van der Waals surface area contributed by atoms with Crippen molar-refractivity contribution in [2.75, 3.05) is 7.11 Å². The summed E-state index contributed by atoms with van der Waals surface area (Å²) in [5.41, 5.74) is 3.15. The van der Waals surface area contributed by atoms with Gasteiger partial charge >= 0.3 is 0 Å². The number of ether oxygens (including phenoxy) is 2. The molecule has 0 spiro atoms. The molecule has 2 heterocycles. The topological polar surface area (TPSA) is 91.4 Å². The van der Waals surface area contributed by atoms with E-state index in [0.29, 0.717) is 17.9 Å². The van der Waals surface area contributed by atoms with E-state index in [0.717, 1.165) is 34.2 Å². The van der Waals surface area contributed by atoms with Gasteiger partial charge < -0.3 is 23.9 Å². The summed E-state index contributed by atoms with van der Waals surface area (Å²) >= 11 is 0. The zero-order valence-electron chi connectivity index (χ0n) is 19.0. The maximum atomic E-state index is 13.1. The number of amides is 1. The molecule has 33 heavy (non-hydrogen) atoms. The van der Waals surface area contributed by atoms with Crippen LogP contribution in [-0.4, -0.2) is 27.7 Å². The molecule has 1 N–H and O–H groups in total. The Morgan fingerprint density at radius 3 is 2.36 bits per heavy atom.